The van der Waals surface area contributed by atoms with Gasteiger partial charge in [0.25, 0.3) is 9.05 Å². The molecule has 0 atom stereocenters. The van der Waals surface area contributed by atoms with E-state index in [1.54, 1.807) is 6.92 Å². The van der Waals surface area contributed by atoms with Crippen molar-refractivity contribution in [2.45, 2.75) is 24.8 Å². The molecule has 0 aliphatic carbocycles. The first-order chi connectivity index (χ1) is 7.45. The molecule has 0 aliphatic rings. The van der Waals surface area contributed by atoms with Crippen LogP contribution in [0.2, 0.25) is 0 Å². The van der Waals surface area contributed by atoms with E-state index in [1.165, 1.54) is 12.1 Å². The number of benzene rings is 1. The summed E-state index contributed by atoms with van der Waals surface area (Å²) in [6.45, 7) is 1.24. The van der Waals surface area contributed by atoms with Crippen molar-refractivity contribution in [3.05, 3.63) is 28.8 Å². The summed E-state index contributed by atoms with van der Waals surface area (Å²) < 4.78 is 22.8. The molecule has 0 radical (unpaired) electrons. The van der Waals surface area contributed by atoms with E-state index < -0.39 is 15.7 Å². The molecule has 0 saturated carbocycles. The molecule has 1 rings (SSSR count). The Hall–Kier alpha value is -1.09. The maximum absolute atomic E-state index is 11.4. The van der Waals surface area contributed by atoms with Crippen LogP contribution in [-0.2, 0) is 22.1 Å². The minimum absolute atomic E-state index is 0.0665. The first-order valence-corrected chi connectivity index (χ1v) is 6.87. The third-order valence-corrected chi connectivity index (χ3v) is 3.70. The fraction of sp³-hybridized carbons (Fsp3) is 0.300. The van der Waals surface area contributed by atoms with Gasteiger partial charge in [-0.3, -0.25) is 0 Å². The zero-order valence-electron chi connectivity index (χ0n) is 8.57. The van der Waals surface area contributed by atoms with E-state index >= 15 is 0 Å². The molecule has 1 N–H and O–H groups in total. The minimum Gasteiger partial charge on any atom is -0.392 e. The van der Waals surface area contributed by atoms with Crippen molar-refractivity contribution < 1.29 is 13.5 Å². The Bertz CT molecular complexity index is 546. The van der Waals surface area contributed by atoms with Crippen LogP contribution in [0.15, 0.2) is 17.0 Å². The number of halogens is 1. The lowest BCUT2D eigenvalue weighted by Gasteiger charge is -2.10. The third-order valence-electron chi connectivity index (χ3n) is 2.25. The summed E-state index contributed by atoms with van der Waals surface area (Å²) in [5.41, 5.74) is 0.689. The lowest BCUT2D eigenvalue weighted by Crippen LogP contribution is -2.05. The molecule has 0 fully saturated rings. The highest BCUT2D eigenvalue weighted by Gasteiger charge is 2.21. The molecule has 16 heavy (non-hydrogen) atoms. The molecule has 6 heteroatoms. The normalized spacial score (nSPS) is 11.1. The van der Waals surface area contributed by atoms with Crippen molar-refractivity contribution in [1.29, 1.82) is 5.26 Å². The van der Waals surface area contributed by atoms with Gasteiger partial charge in [-0.25, -0.2) is 8.42 Å². The molecule has 86 valence electrons. The van der Waals surface area contributed by atoms with E-state index in [-0.39, 0.29) is 16.0 Å². The molecule has 0 unspecified atom stereocenters. The van der Waals surface area contributed by atoms with Crippen LogP contribution in [0.1, 0.15) is 23.6 Å². The molecule has 0 amide bonds. The van der Waals surface area contributed by atoms with Gasteiger partial charge in [-0.05, 0) is 18.1 Å². The van der Waals surface area contributed by atoms with E-state index in [0.29, 0.717) is 12.0 Å². The topological polar surface area (TPSA) is 78.2 Å². The Balaban J connectivity index is 3.72. The van der Waals surface area contributed by atoms with Crippen LogP contribution >= 0.6 is 10.7 Å². The van der Waals surface area contributed by atoms with Gasteiger partial charge in [0.2, 0.25) is 0 Å². The molecule has 0 bridgehead atoms. The van der Waals surface area contributed by atoms with Crippen LogP contribution in [0.25, 0.3) is 0 Å². The van der Waals surface area contributed by atoms with E-state index in [2.05, 4.69) is 0 Å². The van der Waals surface area contributed by atoms with Gasteiger partial charge in [-0.2, -0.15) is 5.26 Å². The predicted molar refractivity (Wildman–Crippen MR) is 59.5 cm³/mol. The van der Waals surface area contributed by atoms with E-state index in [4.69, 9.17) is 21.1 Å². The van der Waals surface area contributed by atoms with Crippen molar-refractivity contribution in [3.8, 4) is 6.07 Å². The Morgan fingerprint density at radius 1 is 1.50 bits per heavy atom. The van der Waals surface area contributed by atoms with Crippen LogP contribution in [0, 0.1) is 11.3 Å². The van der Waals surface area contributed by atoms with Crippen LogP contribution in [-0.4, -0.2) is 13.5 Å². The fourth-order valence-corrected chi connectivity index (χ4v) is 3.09. The number of aryl methyl sites for hydroxylation is 1. The van der Waals surface area contributed by atoms with E-state index in [0.717, 1.165) is 0 Å². The SMILES string of the molecule is CCc1ccc(C#N)c(CO)c1S(=O)(=O)Cl. The highest BCUT2D eigenvalue weighted by atomic mass is 35.7. The molecule has 4 nitrogen and oxygen atoms in total. The second-order valence-electron chi connectivity index (χ2n) is 3.14. The van der Waals surface area contributed by atoms with Gasteiger partial charge in [-0.1, -0.05) is 13.0 Å². The number of aliphatic hydroxyl groups excluding tert-OH is 1. The largest absolute Gasteiger partial charge is 0.392 e. The van der Waals surface area contributed by atoms with Crippen molar-refractivity contribution in [2.75, 3.05) is 0 Å². The number of hydrogen-bond acceptors (Lipinski definition) is 4. The lowest BCUT2D eigenvalue weighted by atomic mass is 10.0. The molecule has 0 spiro atoms. The maximum atomic E-state index is 11.4. The molecule has 0 heterocycles. The predicted octanol–water partition coefficient (Wildman–Crippen LogP) is 1.54. The molecule has 0 aliphatic heterocycles. The van der Waals surface area contributed by atoms with Crippen molar-refractivity contribution in [2.24, 2.45) is 0 Å². The van der Waals surface area contributed by atoms with Gasteiger partial charge < -0.3 is 5.11 Å². The number of aliphatic hydroxyl groups is 1. The molecule has 1 aromatic rings. The summed E-state index contributed by atoms with van der Waals surface area (Å²) >= 11 is 0. The first kappa shape index (κ1) is 13.0. The van der Waals surface area contributed by atoms with Crippen LogP contribution < -0.4 is 0 Å². The van der Waals surface area contributed by atoms with Gasteiger partial charge in [0.1, 0.15) is 0 Å². The lowest BCUT2D eigenvalue weighted by molar-refractivity contribution is 0.278. The summed E-state index contributed by atoms with van der Waals surface area (Å²) in [7, 11) is 1.35. The van der Waals surface area contributed by atoms with Gasteiger partial charge in [0.05, 0.1) is 23.1 Å². The molecule has 0 aromatic heterocycles. The highest BCUT2D eigenvalue weighted by molar-refractivity contribution is 8.13. The third kappa shape index (κ3) is 2.35. The van der Waals surface area contributed by atoms with Crippen molar-refractivity contribution >= 4 is 19.7 Å². The monoisotopic (exact) mass is 259 g/mol. The van der Waals surface area contributed by atoms with Crippen LogP contribution in [0.4, 0.5) is 0 Å². The Morgan fingerprint density at radius 2 is 2.12 bits per heavy atom. The fourth-order valence-electron chi connectivity index (χ4n) is 1.52. The summed E-state index contributed by atoms with van der Waals surface area (Å²) in [5, 5.41) is 17.9. The van der Waals surface area contributed by atoms with Gasteiger partial charge in [0, 0.05) is 16.2 Å². The molecule has 1 aromatic carbocycles. The second kappa shape index (κ2) is 4.83. The summed E-state index contributed by atoms with van der Waals surface area (Å²) in [6.07, 6.45) is 0.458. The number of hydrogen-bond donors (Lipinski definition) is 1. The average molecular weight is 260 g/mol. The maximum Gasteiger partial charge on any atom is 0.261 e. The zero-order chi connectivity index (χ0) is 12.3. The first-order valence-electron chi connectivity index (χ1n) is 4.56. The molecule has 0 saturated heterocycles. The highest BCUT2D eigenvalue weighted by Crippen LogP contribution is 2.27. The van der Waals surface area contributed by atoms with E-state index in [9.17, 15) is 8.42 Å². The number of rotatable bonds is 3. The summed E-state index contributed by atoms with van der Waals surface area (Å²) in [4.78, 5) is -0.141. The second-order valence-corrected chi connectivity index (χ2v) is 5.64. The molecular weight excluding hydrogens is 250 g/mol. The Labute approximate surface area is 98.5 Å². The van der Waals surface area contributed by atoms with Crippen LogP contribution in [0.5, 0.6) is 0 Å². The van der Waals surface area contributed by atoms with Crippen molar-refractivity contribution in [3.63, 3.8) is 0 Å². The smallest absolute Gasteiger partial charge is 0.261 e. The van der Waals surface area contributed by atoms with Gasteiger partial charge in [-0.15, -0.1) is 0 Å². The summed E-state index contributed by atoms with van der Waals surface area (Å²) in [5.74, 6) is 0. The Kier molecular flexibility index (Phi) is 3.92. The van der Waals surface area contributed by atoms with Gasteiger partial charge >= 0.3 is 0 Å². The zero-order valence-corrected chi connectivity index (χ0v) is 10.1. The van der Waals surface area contributed by atoms with Crippen LogP contribution in [0.3, 0.4) is 0 Å². The minimum atomic E-state index is -3.96. The molecular formula is C10H10ClNO3S. The van der Waals surface area contributed by atoms with E-state index in [1.807, 2.05) is 6.07 Å². The quantitative estimate of drug-likeness (QED) is 0.835. The summed E-state index contributed by atoms with van der Waals surface area (Å²) in [6, 6.07) is 4.84. The standard InChI is InChI=1S/C10H10ClNO3S/c1-2-7-3-4-8(5-12)9(6-13)10(7)16(11,14)15/h3-4,13H,2,6H2,1H3. The average Bonchev–Trinajstić information content (AvgIpc) is 2.25. The number of nitriles is 1. The Morgan fingerprint density at radius 3 is 2.50 bits per heavy atom. The van der Waals surface area contributed by atoms with Crippen molar-refractivity contribution in [1.82, 2.24) is 0 Å². The van der Waals surface area contributed by atoms with Gasteiger partial charge in [0.15, 0.2) is 0 Å². The number of nitrogens with zero attached hydrogens (tertiary/aromatic N) is 1.